The molecule has 3 rings (SSSR count). The fraction of sp³-hybridized carbons (Fsp3) is 0.333. The molecule has 1 fully saturated rings. The highest BCUT2D eigenvalue weighted by Crippen LogP contribution is 2.35. The summed E-state index contributed by atoms with van der Waals surface area (Å²) in [6.07, 6.45) is -5.68. The van der Waals surface area contributed by atoms with E-state index in [4.69, 9.17) is 10.00 Å². The number of ether oxygens (including phenoxy) is 1. The zero-order chi connectivity index (χ0) is 23.7. The van der Waals surface area contributed by atoms with Crippen molar-refractivity contribution in [3.8, 4) is 17.9 Å². The van der Waals surface area contributed by atoms with Crippen molar-refractivity contribution < 1.29 is 32.7 Å². The third-order valence-corrected chi connectivity index (χ3v) is 6.60. The van der Waals surface area contributed by atoms with E-state index in [-0.39, 0.29) is 18.0 Å². The highest BCUT2D eigenvalue weighted by molar-refractivity contribution is 7.89. The average Bonchev–Trinajstić information content (AvgIpc) is 3.10. The molecule has 32 heavy (non-hydrogen) atoms. The van der Waals surface area contributed by atoms with Gasteiger partial charge in [0, 0.05) is 0 Å². The lowest BCUT2D eigenvalue weighted by Crippen LogP contribution is -2.48. The van der Waals surface area contributed by atoms with Gasteiger partial charge in [0.25, 0.3) is 0 Å². The van der Waals surface area contributed by atoms with E-state index in [1.54, 1.807) is 19.1 Å². The summed E-state index contributed by atoms with van der Waals surface area (Å²) in [4.78, 5) is -0.143. The van der Waals surface area contributed by atoms with Crippen molar-refractivity contribution in [1.29, 1.82) is 10.5 Å². The Morgan fingerprint density at radius 3 is 2.53 bits per heavy atom. The number of aryl methyl sites for hydroxylation is 1. The number of alkyl halides is 3. The molecule has 0 aromatic heterocycles. The number of aliphatic hydroxyl groups excluding tert-OH is 1. The molecule has 0 amide bonds. The summed E-state index contributed by atoms with van der Waals surface area (Å²) < 4.78 is 58.9. The molecular weight excluding hydrogens is 447 g/mol. The predicted molar refractivity (Wildman–Crippen MR) is 106 cm³/mol. The van der Waals surface area contributed by atoms with Crippen molar-refractivity contribution in [2.75, 3.05) is 19.7 Å². The average molecular weight is 465 g/mol. The van der Waals surface area contributed by atoms with E-state index in [0.717, 1.165) is 12.1 Å². The first-order chi connectivity index (χ1) is 15.0. The molecule has 0 bridgehead atoms. The van der Waals surface area contributed by atoms with Crippen LogP contribution in [-0.2, 0) is 17.5 Å². The van der Waals surface area contributed by atoms with Gasteiger partial charge in [0.15, 0.2) is 4.90 Å². The van der Waals surface area contributed by atoms with E-state index in [1.807, 2.05) is 6.07 Å². The van der Waals surface area contributed by atoms with Crippen LogP contribution in [0.25, 0.3) is 0 Å². The third-order valence-electron chi connectivity index (χ3n) is 5.12. The predicted octanol–water partition coefficient (Wildman–Crippen LogP) is 2.27. The maximum absolute atomic E-state index is 13.1. The number of hydrogen-bond donors (Lipinski definition) is 2. The van der Waals surface area contributed by atoms with Gasteiger partial charge in [0.05, 0.1) is 48.3 Å². The first-order valence-electron chi connectivity index (χ1n) is 9.31. The van der Waals surface area contributed by atoms with Crippen LogP contribution in [0.4, 0.5) is 13.2 Å². The standard InChI is InChI=1S/C21H18F3N3O4S/c1-13-6-14(8-25)2-4-17(13)31-19-10-27(11-20(19,29)12-28)32(30)18-5-3-16(21(22,23)24)7-15(18)9-26/h2-7,19,28-29H,10-12H2,1H3/t19-,20?,32?/m0/s1. The molecule has 1 aliphatic heterocycles. The Balaban J connectivity index is 1.86. The van der Waals surface area contributed by atoms with Crippen LogP contribution in [-0.4, -0.2) is 50.5 Å². The van der Waals surface area contributed by atoms with Gasteiger partial charge >= 0.3 is 6.18 Å². The molecule has 0 saturated carbocycles. The Kier molecular flexibility index (Phi) is 6.69. The number of nitriles is 2. The fourth-order valence-electron chi connectivity index (χ4n) is 3.34. The van der Waals surface area contributed by atoms with Gasteiger partial charge in [-0.25, -0.2) is 0 Å². The summed E-state index contributed by atoms with van der Waals surface area (Å²) in [6, 6.07) is 10.6. The van der Waals surface area contributed by atoms with Gasteiger partial charge < -0.3 is 19.5 Å². The number of halogens is 3. The van der Waals surface area contributed by atoms with Gasteiger partial charge in [0.2, 0.25) is 0 Å². The zero-order valence-corrected chi connectivity index (χ0v) is 17.6. The number of rotatable bonds is 5. The molecule has 2 aromatic carbocycles. The number of benzene rings is 2. The summed E-state index contributed by atoms with van der Waals surface area (Å²) in [5.74, 6) is 0.348. The SMILES string of the molecule is Cc1cc(C#N)ccc1O[C@H]1CN([S+]([O-])c2ccc(C(F)(F)F)cc2C#N)CC1(O)CO. The third kappa shape index (κ3) is 4.67. The van der Waals surface area contributed by atoms with Crippen molar-refractivity contribution in [1.82, 2.24) is 4.31 Å². The highest BCUT2D eigenvalue weighted by atomic mass is 32.2. The molecule has 1 heterocycles. The van der Waals surface area contributed by atoms with Crippen LogP contribution >= 0.6 is 0 Å². The van der Waals surface area contributed by atoms with E-state index in [1.165, 1.54) is 16.4 Å². The molecule has 0 radical (unpaired) electrons. The van der Waals surface area contributed by atoms with Crippen molar-refractivity contribution in [2.45, 2.75) is 29.7 Å². The largest absolute Gasteiger partial charge is 0.593 e. The number of β-amino-alcohol motifs (C(OH)–C–C–N with tert-alkyl or cyclic N) is 1. The Morgan fingerprint density at radius 1 is 1.25 bits per heavy atom. The van der Waals surface area contributed by atoms with Crippen LogP contribution in [0.1, 0.15) is 22.3 Å². The van der Waals surface area contributed by atoms with E-state index in [9.17, 15) is 33.2 Å². The Labute approximate surface area is 185 Å². The minimum atomic E-state index is -4.66. The topological polar surface area (TPSA) is 124 Å². The Bertz CT molecular complexity index is 1100. The Morgan fingerprint density at radius 2 is 1.97 bits per heavy atom. The lowest BCUT2D eigenvalue weighted by Gasteiger charge is -2.27. The molecule has 3 atom stereocenters. The molecule has 11 heteroatoms. The van der Waals surface area contributed by atoms with Crippen LogP contribution in [0.2, 0.25) is 0 Å². The summed E-state index contributed by atoms with van der Waals surface area (Å²) in [5, 5.41) is 38.8. The lowest BCUT2D eigenvalue weighted by molar-refractivity contribution is -0.137. The summed E-state index contributed by atoms with van der Waals surface area (Å²) in [6.45, 7) is 0.538. The van der Waals surface area contributed by atoms with Gasteiger partial charge in [-0.1, -0.05) is 0 Å². The van der Waals surface area contributed by atoms with Gasteiger partial charge in [0.1, 0.15) is 29.1 Å². The maximum atomic E-state index is 13.1. The summed E-state index contributed by atoms with van der Waals surface area (Å²) in [5.41, 5.74) is -2.24. The lowest BCUT2D eigenvalue weighted by atomic mass is 10.0. The zero-order valence-electron chi connectivity index (χ0n) is 16.8. The monoisotopic (exact) mass is 465 g/mol. The molecule has 1 saturated heterocycles. The van der Waals surface area contributed by atoms with E-state index in [0.29, 0.717) is 22.9 Å². The highest BCUT2D eigenvalue weighted by Gasteiger charge is 2.52. The molecule has 0 spiro atoms. The smallest absolute Gasteiger partial charge is 0.416 e. The molecule has 2 N–H and O–H groups in total. The molecule has 1 aliphatic rings. The van der Waals surface area contributed by atoms with E-state index < -0.39 is 47.0 Å². The molecule has 2 aromatic rings. The fourth-order valence-corrected chi connectivity index (χ4v) is 4.71. The van der Waals surface area contributed by atoms with Crippen LogP contribution in [0.5, 0.6) is 5.75 Å². The quantitative estimate of drug-likeness (QED) is 0.649. The van der Waals surface area contributed by atoms with Crippen LogP contribution < -0.4 is 4.74 Å². The first-order valence-corrected chi connectivity index (χ1v) is 10.4. The molecule has 0 aliphatic carbocycles. The van der Waals surface area contributed by atoms with Gasteiger partial charge in [-0.05, 0) is 48.9 Å². The van der Waals surface area contributed by atoms with Crippen molar-refractivity contribution in [2.24, 2.45) is 0 Å². The van der Waals surface area contributed by atoms with E-state index >= 15 is 0 Å². The van der Waals surface area contributed by atoms with Gasteiger partial charge in [-0.2, -0.15) is 23.7 Å². The second-order valence-corrected chi connectivity index (χ2v) is 8.81. The summed E-state index contributed by atoms with van der Waals surface area (Å²) in [7, 11) is 0. The second-order valence-electron chi connectivity index (χ2n) is 7.35. The molecule has 2 unspecified atom stereocenters. The van der Waals surface area contributed by atoms with E-state index in [2.05, 4.69) is 0 Å². The first kappa shape index (κ1) is 23.9. The van der Waals surface area contributed by atoms with Crippen molar-refractivity contribution >= 4 is 11.4 Å². The second kappa shape index (κ2) is 8.98. The number of aliphatic hydroxyl groups is 2. The van der Waals surface area contributed by atoms with Gasteiger partial charge in [-0.3, -0.25) is 0 Å². The van der Waals surface area contributed by atoms with Crippen molar-refractivity contribution in [3.63, 3.8) is 0 Å². The number of hydrogen-bond acceptors (Lipinski definition) is 7. The molecular formula is C21H18F3N3O4S. The summed E-state index contributed by atoms with van der Waals surface area (Å²) >= 11 is -2.09. The molecule has 168 valence electrons. The van der Waals surface area contributed by atoms with Crippen LogP contribution in [0, 0.1) is 29.6 Å². The minimum Gasteiger partial charge on any atom is -0.593 e. The maximum Gasteiger partial charge on any atom is 0.416 e. The Hall–Kier alpha value is -2.80. The van der Waals surface area contributed by atoms with Gasteiger partial charge in [-0.15, -0.1) is 4.31 Å². The van der Waals surface area contributed by atoms with Crippen LogP contribution in [0.15, 0.2) is 41.3 Å². The van der Waals surface area contributed by atoms with Crippen LogP contribution in [0.3, 0.4) is 0 Å². The molecule has 7 nitrogen and oxygen atoms in total. The number of nitrogens with zero attached hydrogens (tertiary/aromatic N) is 3. The van der Waals surface area contributed by atoms with Crippen molar-refractivity contribution in [3.05, 3.63) is 58.7 Å². The minimum absolute atomic E-state index is 0.130. The normalized spacial score (nSPS) is 22.2.